The Labute approximate surface area is 83.2 Å². The molecular weight excluding hydrogens is 191 g/mol. The Morgan fingerprint density at radius 2 is 1.64 bits per heavy atom. The van der Waals surface area contributed by atoms with Crippen LogP contribution in [-0.2, 0) is 4.65 Å². The number of rotatable bonds is 6. The number of hydrogen-bond donors (Lipinski definition) is 5. The second-order valence-corrected chi connectivity index (χ2v) is 3.17. The molecule has 0 bridgehead atoms. The Bertz CT molecular complexity index is 155. The van der Waals surface area contributed by atoms with Crippen LogP contribution < -0.4 is 0 Å². The van der Waals surface area contributed by atoms with Crippen molar-refractivity contribution in [2.24, 2.45) is 0 Å². The molecule has 0 spiro atoms. The van der Waals surface area contributed by atoms with Gasteiger partial charge in [0.15, 0.2) is 0 Å². The Balaban J connectivity index is 4.37. The summed E-state index contributed by atoms with van der Waals surface area (Å²) >= 11 is 0. The van der Waals surface area contributed by atoms with E-state index in [1.54, 1.807) is 0 Å². The Hall–Kier alpha value is -0.175. The lowest BCUT2D eigenvalue weighted by Crippen LogP contribution is -2.50. The van der Waals surface area contributed by atoms with Crippen molar-refractivity contribution in [3.05, 3.63) is 0 Å². The minimum Gasteiger partial charge on any atom is -0.436 e. The van der Waals surface area contributed by atoms with Crippen molar-refractivity contribution in [3.8, 4) is 0 Å². The highest BCUT2D eigenvalue weighted by Gasteiger charge is 2.33. The van der Waals surface area contributed by atoms with E-state index in [4.69, 9.17) is 14.9 Å². The molecule has 6 nitrogen and oxygen atoms in total. The van der Waals surface area contributed by atoms with Gasteiger partial charge in [-0.3, -0.25) is 0 Å². The van der Waals surface area contributed by atoms with E-state index in [9.17, 15) is 15.3 Å². The van der Waals surface area contributed by atoms with Gasteiger partial charge in [-0.2, -0.15) is 0 Å². The molecule has 84 valence electrons. The quantitative estimate of drug-likeness (QED) is 0.288. The summed E-state index contributed by atoms with van der Waals surface area (Å²) in [6, 6.07) is 0. The maximum absolute atomic E-state index is 9.44. The van der Waals surface area contributed by atoms with Gasteiger partial charge >= 0.3 is 0 Å². The van der Waals surface area contributed by atoms with E-state index in [1.807, 2.05) is 0 Å². The van der Waals surface area contributed by atoms with Gasteiger partial charge in [-0.15, -0.1) is 0 Å². The van der Waals surface area contributed by atoms with Gasteiger partial charge in [0.25, 0.3) is 8.05 Å². The molecule has 5 unspecified atom stereocenters. The molecule has 0 aliphatic heterocycles. The van der Waals surface area contributed by atoms with Crippen molar-refractivity contribution >= 4 is 8.05 Å². The first-order valence-corrected chi connectivity index (χ1v) is 4.31. The van der Waals surface area contributed by atoms with Gasteiger partial charge in [-0.1, -0.05) is 0 Å². The average molecular weight is 208 g/mol. The first-order chi connectivity index (χ1) is 6.45. The minimum atomic E-state index is -1.46. The maximum atomic E-state index is 9.44. The summed E-state index contributed by atoms with van der Waals surface area (Å²) in [6.45, 7) is 0.702. The van der Waals surface area contributed by atoms with Crippen LogP contribution in [0.1, 0.15) is 6.92 Å². The normalized spacial score (nSPS) is 22.4. The molecule has 0 saturated heterocycles. The van der Waals surface area contributed by atoms with Crippen LogP contribution in [0.5, 0.6) is 0 Å². The predicted molar refractivity (Wildman–Crippen MR) is 50.2 cm³/mol. The zero-order chi connectivity index (χ0) is 11.3. The summed E-state index contributed by atoms with van der Waals surface area (Å²) < 4.78 is 4.70. The number of hydrogen-bond acceptors (Lipinski definition) is 6. The van der Waals surface area contributed by atoms with Gasteiger partial charge in [-0.05, 0) is 6.92 Å². The molecule has 0 radical (unpaired) electrons. The van der Waals surface area contributed by atoms with Crippen LogP contribution in [-0.4, -0.2) is 70.7 Å². The standard InChI is InChI=1S/C7H17BO6/c1-3(10)5(12)6(13)7(14-8)4(11)2-9/h3-7,9-13H,2,8H2,1H3. The third kappa shape index (κ3) is 3.53. The van der Waals surface area contributed by atoms with Crippen LogP contribution in [0.4, 0.5) is 0 Å². The largest absolute Gasteiger partial charge is 0.436 e. The SMILES string of the molecule is BOC(C(O)CO)C(O)C(O)C(C)O. The summed E-state index contributed by atoms with van der Waals surface area (Å²) in [5, 5.41) is 45.5. The summed E-state index contributed by atoms with van der Waals surface area (Å²) in [4.78, 5) is 0. The Morgan fingerprint density at radius 1 is 1.14 bits per heavy atom. The molecule has 0 amide bonds. The van der Waals surface area contributed by atoms with Gasteiger partial charge < -0.3 is 30.2 Å². The van der Waals surface area contributed by atoms with Crippen LogP contribution in [0, 0.1) is 0 Å². The van der Waals surface area contributed by atoms with E-state index >= 15 is 0 Å². The molecule has 0 aliphatic carbocycles. The van der Waals surface area contributed by atoms with E-state index < -0.39 is 37.1 Å². The van der Waals surface area contributed by atoms with E-state index in [0.717, 1.165) is 0 Å². The van der Waals surface area contributed by atoms with Gasteiger partial charge in [0.1, 0.15) is 18.3 Å². The fourth-order valence-corrected chi connectivity index (χ4v) is 1.11. The molecule has 0 aliphatic rings. The molecule has 0 aromatic carbocycles. The van der Waals surface area contributed by atoms with E-state index in [-0.39, 0.29) is 0 Å². The van der Waals surface area contributed by atoms with E-state index in [0.29, 0.717) is 0 Å². The molecule has 0 aromatic heterocycles. The molecule has 0 rings (SSSR count). The van der Waals surface area contributed by atoms with Gasteiger partial charge in [0.05, 0.1) is 18.8 Å². The molecule has 7 heteroatoms. The molecule has 14 heavy (non-hydrogen) atoms. The fraction of sp³-hybridized carbons (Fsp3) is 1.00. The predicted octanol–water partition coefficient (Wildman–Crippen LogP) is -3.62. The van der Waals surface area contributed by atoms with Gasteiger partial charge in [-0.25, -0.2) is 0 Å². The highest BCUT2D eigenvalue weighted by Crippen LogP contribution is 2.10. The minimum absolute atomic E-state index is 0.595. The first-order valence-electron chi connectivity index (χ1n) is 4.31. The van der Waals surface area contributed by atoms with Crippen molar-refractivity contribution in [2.75, 3.05) is 6.61 Å². The lowest BCUT2D eigenvalue weighted by molar-refractivity contribution is -0.127. The number of aliphatic hydroxyl groups is 5. The first kappa shape index (κ1) is 13.8. The topological polar surface area (TPSA) is 110 Å². The molecule has 0 fully saturated rings. The zero-order valence-electron chi connectivity index (χ0n) is 8.24. The second-order valence-electron chi connectivity index (χ2n) is 3.17. The van der Waals surface area contributed by atoms with Gasteiger partial charge in [0.2, 0.25) is 0 Å². The van der Waals surface area contributed by atoms with Crippen molar-refractivity contribution < 1.29 is 30.2 Å². The third-order valence-electron chi connectivity index (χ3n) is 2.02. The van der Waals surface area contributed by atoms with E-state index in [2.05, 4.69) is 0 Å². The zero-order valence-corrected chi connectivity index (χ0v) is 8.24. The van der Waals surface area contributed by atoms with Crippen LogP contribution >= 0.6 is 0 Å². The summed E-state index contributed by atoms with van der Waals surface area (Å²) in [6.07, 6.45) is -6.47. The van der Waals surface area contributed by atoms with Crippen LogP contribution in [0.3, 0.4) is 0 Å². The molecule has 0 saturated carbocycles. The Kier molecular flexibility index (Phi) is 6.26. The van der Waals surface area contributed by atoms with Crippen LogP contribution in [0.2, 0.25) is 0 Å². The Morgan fingerprint density at radius 3 is 1.93 bits per heavy atom. The fourth-order valence-electron chi connectivity index (χ4n) is 1.11. The van der Waals surface area contributed by atoms with Crippen molar-refractivity contribution in [1.29, 1.82) is 0 Å². The van der Waals surface area contributed by atoms with Crippen molar-refractivity contribution in [2.45, 2.75) is 37.4 Å². The van der Waals surface area contributed by atoms with Crippen molar-refractivity contribution in [1.82, 2.24) is 0 Å². The van der Waals surface area contributed by atoms with Gasteiger partial charge in [0, 0.05) is 0 Å². The summed E-state index contributed by atoms with van der Waals surface area (Å²) in [5.41, 5.74) is 0. The highest BCUT2D eigenvalue weighted by molar-refractivity contribution is 5.98. The lowest BCUT2D eigenvalue weighted by atomic mass is 9.99. The molecule has 0 aromatic rings. The van der Waals surface area contributed by atoms with E-state index in [1.165, 1.54) is 15.0 Å². The molecule has 0 heterocycles. The lowest BCUT2D eigenvalue weighted by Gasteiger charge is -2.30. The number of aliphatic hydroxyl groups excluding tert-OH is 5. The molecular formula is C7H17BO6. The van der Waals surface area contributed by atoms with Crippen LogP contribution in [0.15, 0.2) is 0 Å². The monoisotopic (exact) mass is 208 g/mol. The maximum Gasteiger partial charge on any atom is 0.257 e. The third-order valence-corrected chi connectivity index (χ3v) is 2.02. The summed E-state index contributed by atoms with van der Waals surface area (Å²) in [5.74, 6) is 0. The van der Waals surface area contributed by atoms with Crippen molar-refractivity contribution in [3.63, 3.8) is 0 Å². The highest BCUT2D eigenvalue weighted by atomic mass is 16.5. The smallest absolute Gasteiger partial charge is 0.257 e. The second kappa shape index (κ2) is 6.33. The molecule has 5 atom stereocenters. The summed E-state index contributed by atoms with van der Waals surface area (Å²) in [7, 11) is 1.22. The van der Waals surface area contributed by atoms with Crippen LogP contribution in [0.25, 0.3) is 0 Å². The molecule has 5 N–H and O–H groups in total. The average Bonchev–Trinajstić information content (AvgIpc) is 2.16.